The molecule has 1 aromatic carbocycles. The Bertz CT molecular complexity index is 312. The highest BCUT2D eigenvalue weighted by molar-refractivity contribution is 5.76. The van der Waals surface area contributed by atoms with Gasteiger partial charge in [0, 0.05) is 5.56 Å². The van der Waals surface area contributed by atoms with Gasteiger partial charge in [0.2, 0.25) is 5.91 Å². The number of phenols is 1. The van der Waals surface area contributed by atoms with E-state index in [0.29, 0.717) is 0 Å². The van der Waals surface area contributed by atoms with Gasteiger partial charge in [0.15, 0.2) is 0 Å². The molecule has 0 atom stereocenters. The summed E-state index contributed by atoms with van der Waals surface area (Å²) in [4.78, 5) is 10.4. The number of benzene rings is 1. The van der Waals surface area contributed by atoms with Crippen molar-refractivity contribution >= 4 is 5.91 Å². The predicted octanol–water partition coefficient (Wildman–Crippen LogP) is 0.559. The molecule has 4 heteroatoms. The minimum atomic E-state index is -0.625. The molecule has 3 N–H and O–H groups in total. The molecule has 0 fully saturated rings. The monoisotopic (exact) mass is 169 g/mol. The number of rotatable bonds is 2. The first-order valence-electron chi connectivity index (χ1n) is 3.35. The Morgan fingerprint density at radius 1 is 1.58 bits per heavy atom. The van der Waals surface area contributed by atoms with Crippen molar-refractivity contribution in [2.24, 2.45) is 5.73 Å². The third-order valence-electron chi connectivity index (χ3n) is 1.39. The number of primary amides is 1. The van der Waals surface area contributed by atoms with Gasteiger partial charge in [0.25, 0.3) is 0 Å². The normalized spacial score (nSPS) is 9.75. The second kappa shape index (κ2) is 3.21. The quantitative estimate of drug-likeness (QED) is 0.679. The largest absolute Gasteiger partial charge is 0.508 e. The van der Waals surface area contributed by atoms with E-state index in [9.17, 15) is 9.18 Å². The molecule has 0 bridgehead atoms. The standard InChI is InChI=1S/C8H8FNO2/c9-7-2-1-6(11)3-5(7)4-8(10)12/h1-3,11H,4H2,(H2,10,12). The number of carbonyl (C=O) groups excluding carboxylic acids is 1. The van der Waals surface area contributed by atoms with Crippen LogP contribution in [0.3, 0.4) is 0 Å². The van der Waals surface area contributed by atoms with E-state index in [2.05, 4.69) is 0 Å². The summed E-state index contributed by atoms with van der Waals surface area (Å²) in [6.45, 7) is 0. The lowest BCUT2D eigenvalue weighted by molar-refractivity contribution is -0.117. The fraction of sp³-hybridized carbons (Fsp3) is 0.125. The lowest BCUT2D eigenvalue weighted by Gasteiger charge is -1.99. The van der Waals surface area contributed by atoms with Crippen LogP contribution in [0.1, 0.15) is 5.56 Å². The molecule has 0 heterocycles. The first kappa shape index (κ1) is 8.52. The van der Waals surface area contributed by atoms with Crippen LogP contribution in [-0.2, 0) is 11.2 Å². The Balaban J connectivity index is 2.97. The second-order valence-electron chi connectivity index (χ2n) is 2.42. The van der Waals surface area contributed by atoms with Crippen LogP contribution in [-0.4, -0.2) is 11.0 Å². The highest BCUT2D eigenvalue weighted by Gasteiger charge is 2.05. The van der Waals surface area contributed by atoms with Gasteiger partial charge in [-0.2, -0.15) is 0 Å². The fourth-order valence-corrected chi connectivity index (χ4v) is 0.884. The number of amides is 1. The van der Waals surface area contributed by atoms with E-state index in [1.165, 1.54) is 12.1 Å². The SMILES string of the molecule is NC(=O)Cc1cc(O)ccc1F. The van der Waals surface area contributed by atoms with E-state index in [1.807, 2.05) is 0 Å². The first-order valence-corrected chi connectivity index (χ1v) is 3.35. The number of carbonyl (C=O) groups is 1. The minimum absolute atomic E-state index is 0.0762. The van der Waals surface area contributed by atoms with Crippen molar-refractivity contribution in [3.63, 3.8) is 0 Å². The van der Waals surface area contributed by atoms with Crippen LogP contribution in [0.15, 0.2) is 18.2 Å². The smallest absolute Gasteiger partial charge is 0.221 e. The number of aromatic hydroxyl groups is 1. The van der Waals surface area contributed by atoms with Crippen molar-refractivity contribution < 1.29 is 14.3 Å². The summed E-state index contributed by atoms with van der Waals surface area (Å²) >= 11 is 0. The number of hydrogen-bond donors (Lipinski definition) is 2. The molecule has 0 aromatic heterocycles. The van der Waals surface area contributed by atoms with Crippen molar-refractivity contribution in [1.82, 2.24) is 0 Å². The summed E-state index contributed by atoms with van der Waals surface area (Å²) in [6.07, 6.45) is -0.194. The number of halogens is 1. The summed E-state index contributed by atoms with van der Waals surface area (Å²) in [7, 11) is 0. The van der Waals surface area contributed by atoms with Gasteiger partial charge in [-0.05, 0) is 18.2 Å². The maximum absolute atomic E-state index is 12.8. The molecule has 0 aliphatic carbocycles. The van der Waals surface area contributed by atoms with E-state index in [4.69, 9.17) is 10.8 Å². The number of nitrogens with two attached hydrogens (primary N) is 1. The summed E-state index contributed by atoms with van der Waals surface area (Å²) in [5.74, 6) is -1.24. The zero-order valence-corrected chi connectivity index (χ0v) is 6.25. The van der Waals surface area contributed by atoms with Crippen molar-refractivity contribution in [2.45, 2.75) is 6.42 Å². The molecular formula is C8H8FNO2. The van der Waals surface area contributed by atoms with Crippen LogP contribution < -0.4 is 5.73 Å². The van der Waals surface area contributed by atoms with Crippen molar-refractivity contribution in [1.29, 1.82) is 0 Å². The molecule has 0 unspecified atom stereocenters. The average molecular weight is 169 g/mol. The van der Waals surface area contributed by atoms with Crippen LogP contribution in [0.25, 0.3) is 0 Å². The van der Waals surface area contributed by atoms with E-state index < -0.39 is 11.7 Å². The van der Waals surface area contributed by atoms with Crippen molar-refractivity contribution in [2.75, 3.05) is 0 Å². The zero-order valence-electron chi connectivity index (χ0n) is 6.25. The topological polar surface area (TPSA) is 63.3 Å². The predicted molar refractivity (Wildman–Crippen MR) is 41.0 cm³/mol. The maximum atomic E-state index is 12.8. The van der Waals surface area contributed by atoms with E-state index >= 15 is 0 Å². The van der Waals surface area contributed by atoms with Crippen LogP contribution >= 0.6 is 0 Å². The van der Waals surface area contributed by atoms with E-state index in [0.717, 1.165) is 6.07 Å². The molecule has 0 aliphatic rings. The van der Waals surface area contributed by atoms with E-state index in [1.54, 1.807) is 0 Å². The molecule has 1 aromatic rings. The second-order valence-corrected chi connectivity index (χ2v) is 2.42. The summed E-state index contributed by atoms with van der Waals surface area (Å²) in [6, 6.07) is 3.48. The lowest BCUT2D eigenvalue weighted by Crippen LogP contribution is -2.14. The first-order chi connectivity index (χ1) is 5.59. The van der Waals surface area contributed by atoms with Crippen LogP contribution in [0.5, 0.6) is 5.75 Å². The summed E-state index contributed by atoms with van der Waals surface area (Å²) < 4.78 is 12.8. The number of phenolic OH excluding ortho intramolecular Hbond substituents is 1. The van der Waals surface area contributed by atoms with Gasteiger partial charge in [-0.25, -0.2) is 4.39 Å². The highest BCUT2D eigenvalue weighted by atomic mass is 19.1. The highest BCUT2D eigenvalue weighted by Crippen LogP contribution is 2.15. The van der Waals surface area contributed by atoms with Gasteiger partial charge < -0.3 is 10.8 Å². The van der Waals surface area contributed by atoms with Gasteiger partial charge in [-0.1, -0.05) is 0 Å². The summed E-state index contributed by atoms with van der Waals surface area (Å²) in [5, 5.41) is 8.93. The Kier molecular flexibility index (Phi) is 2.28. The Morgan fingerprint density at radius 2 is 2.25 bits per heavy atom. The van der Waals surface area contributed by atoms with Crippen LogP contribution in [0.4, 0.5) is 4.39 Å². The molecule has 64 valence electrons. The molecule has 12 heavy (non-hydrogen) atoms. The maximum Gasteiger partial charge on any atom is 0.221 e. The van der Waals surface area contributed by atoms with Crippen molar-refractivity contribution in [3.05, 3.63) is 29.6 Å². The van der Waals surface area contributed by atoms with Crippen LogP contribution in [0.2, 0.25) is 0 Å². The fourth-order valence-electron chi connectivity index (χ4n) is 0.884. The lowest BCUT2D eigenvalue weighted by atomic mass is 10.1. The van der Waals surface area contributed by atoms with Crippen LogP contribution in [0, 0.1) is 5.82 Å². The van der Waals surface area contributed by atoms with Gasteiger partial charge in [-0.15, -0.1) is 0 Å². The van der Waals surface area contributed by atoms with Crippen molar-refractivity contribution in [3.8, 4) is 5.75 Å². The minimum Gasteiger partial charge on any atom is -0.508 e. The molecular weight excluding hydrogens is 161 g/mol. The zero-order chi connectivity index (χ0) is 9.14. The Hall–Kier alpha value is -1.58. The summed E-state index contributed by atoms with van der Waals surface area (Å²) in [5.41, 5.74) is 4.97. The molecule has 3 nitrogen and oxygen atoms in total. The van der Waals surface area contributed by atoms with E-state index in [-0.39, 0.29) is 17.7 Å². The molecule has 0 spiro atoms. The van der Waals surface area contributed by atoms with Gasteiger partial charge in [-0.3, -0.25) is 4.79 Å². The Labute approximate surface area is 68.6 Å². The molecule has 1 rings (SSSR count). The average Bonchev–Trinajstić information content (AvgIpc) is 1.96. The molecule has 0 aliphatic heterocycles. The van der Waals surface area contributed by atoms with Gasteiger partial charge >= 0.3 is 0 Å². The number of hydrogen-bond acceptors (Lipinski definition) is 2. The molecule has 1 amide bonds. The Morgan fingerprint density at radius 3 is 2.83 bits per heavy atom. The van der Waals surface area contributed by atoms with Gasteiger partial charge in [0.05, 0.1) is 6.42 Å². The van der Waals surface area contributed by atoms with Gasteiger partial charge in [0.1, 0.15) is 11.6 Å². The third-order valence-corrected chi connectivity index (χ3v) is 1.39. The molecule has 0 saturated carbocycles. The third kappa shape index (κ3) is 1.95. The molecule has 0 saturated heterocycles. The molecule has 0 radical (unpaired) electrons.